The normalized spacial score (nSPS) is 32.1. The molecule has 1 aliphatic heterocycles. The molecule has 4 heteroatoms. The van der Waals surface area contributed by atoms with Gasteiger partial charge in [0.2, 0.25) is 0 Å². The quantitative estimate of drug-likeness (QED) is 0.753. The van der Waals surface area contributed by atoms with Gasteiger partial charge in [0.1, 0.15) is 9.86 Å². The smallest absolute Gasteiger partial charge is 0.147 e. The van der Waals surface area contributed by atoms with Crippen LogP contribution in [0.15, 0.2) is 30.3 Å². The van der Waals surface area contributed by atoms with E-state index in [-0.39, 0.29) is 19.7 Å². The first-order valence-corrected chi connectivity index (χ1v) is 10.4. The van der Waals surface area contributed by atoms with Gasteiger partial charge in [-0.05, 0) is 11.8 Å². The lowest BCUT2D eigenvalue weighted by Gasteiger charge is -2.68. The molecule has 1 saturated carbocycles. The zero-order chi connectivity index (χ0) is 15.5. The predicted octanol–water partition coefficient (Wildman–Crippen LogP) is 5.01. The zero-order valence-corrected chi connectivity index (χ0v) is 15.7. The molecule has 1 spiro atoms. The van der Waals surface area contributed by atoms with E-state index in [0.717, 1.165) is 5.08 Å². The largest absolute Gasteiger partial charge is 0.298 e. The molecule has 3 rings (SSSR count). The molecule has 1 unspecified atom stereocenters. The Morgan fingerprint density at radius 2 is 1.57 bits per heavy atom. The lowest BCUT2D eigenvalue weighted by atomic mass is 9.44. The molecule has 1 aromatic rings. The third kappa shape index (κ3) is 1.57. The van der Waals surface area contributed by atoms with Crippen LogP contribution in [-0.2, 0) is 8.87 Å². The van der Waals surface area contributed by atoms with Crippen molar-refractivity contribution in [2.24, 2.45) is 10.8 Å². The van der Waals surface area contributed by atoms with Crippen molar-refractivity contribution in [3.05, 3.63) is 35.9 Å². The molecule has 1 saturated heterocycles. The Hall–Kier alpha value is -0.0600. The highest BCUT2D eigenvalue weighted by atomic mass is 32.2. The number of benzene rings is 1. The summed E-state index contributed by atoms with van der Waals surface area (Å²) < 4.78 is -0.116. The van der Waals surface area contributed by atoms with Crippen molar-refractivity contribution in [2.75, 3.05) is 11.3 Å². The number of thioether (sulfide) groups is 3. The minimum atomic E-state index is -0.288. The molecule has 2 aliphatic rings. The molecular formula is C17H22OS3. The summed E-state index contributed by atoms with van der Waals surface area (Å²) in [5, 5.41) is 1.05. The Bertz CT molecular complexity index is 561. The molecule has 2 fully saturated rings. The van der Waals surface area contributed by atoms with E-state index >= 15 is 0 Å². The summed E-state index contributed by atoms with van der Waals surface area (Å²) in [6.45, 7) is 8.58. The van der Waals surface area contributed by atoms with Gasteiger partial charge >= 0.3 is 0 Å². The Morgan fingerprint density at radius 1 is 1.00 bits per heavy atom. The predicted molar refractivity (Wildman–Crippen MR) is 97.0 cm³/mol. The van der Waals surface area contributed by atoms with Gasteiger partial charge in [0.25, 0.3) is 0 Å². The fourth-order valence-corrected chi connectivity index (χ4v) is 11.4. The highest BCUT2D eigenvalue weighted by Crippen LogP contribution is 2.80. The van der Waals surface area contributed by atoms with E-state index in [0.29, 0.717) is 5.78 Å². The summed E-state index contributed by atoms with van der Waals surface area (Å²) in [6.07, 6.45) is 2.20. The maximum atomic E-state index is 12.8. The molecule has 114 valence electrons. The first-order chi connectivity index (χ1) is 9.78. The number of carbonyl (C=O) groups excluding carboxylic acids is 1. The van der Waals surface area contributed by atoms with Crippen LogP contribution in [0.3, 0.4) is 0 Å². The monoisotopic (exact) mass is 338 g/mol. The number of hydrogen-bond donors (Lipinski definition) is 0. The first-order valence-electron chi connectivity index (χ1n) is 7.21. The van der Waals surface area contributed by atoms with E-state index in [1.54, 1.807) is 0 Å². The highest BCUT2D eigenvalue weighted by Gasteiger charge is 2.81. The second-order valence-corrected chi connectivity index (χ2v) is 10.9. The lowest BCUT2D eigenvalue weighted by Crippen LogP contribution is -2.77. The number of hydrogen-bond acceptors (Lipinski definition) is 4. The molecular weight excluding hydrogens is 316 g/mol. The van der Waals surface area contributed by atoms with Gasteiger partial charge in [-0.15, -0.1) is 35.3 Å². The Labute approximate surface area is 140 Å². The van der Waals surface area contributed by atoms with Crippen LogP contribution in [0.4, 0.5) is 0 Å². The van der Waals surface area contributed by atoms with E-state index in [1.165, 1.54) is 5.56 Å². The summed E-state index contributed by atoms with van der Waals surface area (Å²) >= 11 is 5.92. The van der Waals surface area contributed by atoms with Crippen LogP contribution in [0, 0.1) is 10.8 Å². The van der Waals surface area contributed by atoms with Crippen LogP contribution in [0.1, 0.15) is 33.3 Å². The van der Waals surface area contributed by atoms with E-state index in [2.05, 4.69) is 64.3 Å². The average Bonchev–Trinajstić information content (AvgIpc) is 2.90. The Morgan fingerprint density at radius 3 is 2.10 bits per heavy atom. The van der Waals surface area contributed by atoms with Crippen molar-refractivity contribution in [3.8, 4) is 0 Å². The molecule has 1 aliphatic carbocycles. The number of rotatable bonds is 2. The highest BCUT2D eigenvalue weighted by molar-refractivity contribution is 8.28. The van der Waals surface area contributed by atoms with Crippen LogP contribution in [-0.4, -0.2) is 21.9 Å². The van der Waals surface area contributed by atoms with Crippen molar-refractivity contribution < 1.29 is 4.79 Å². The molecule has 0 amide bonds. The van der Waals surface area contributed by atoms with Crippen molar-refractivity contribution in [1.82, 2.24) is 0 Å². The number of carbonyl (C=O) groups is 1. The summed E-state index contributed by atoms with van der Waals surface area (Å²) in [5.41, 5.74) is 0.772. The molecule has 0 aromatic heterocycles. The van der Waals surface area contributed by atoms with Gasteiger partial charge in [-0.25, -0.2) is 0 Å². The van der Waals surface area contributed by atoms with Gasteiger partial charge in [0.05, 0.1) is 4.75 Å². The maximum absolute atomic E-state index is 12.8. The maximum Gasteiger partial charge on any atom is 0.147 e. The summed E-state index contributed by atoms with van der Waals surface area (Å²) in [6, 6.07) is 10.8. The third-order valence-electron chi connectivity index (χ3n) is 5.34. The standard InChI is InChI=1S/C17H22OS3/c1-14(2)13(18)15(3,4)17(14)16(19-5,20-11-21-17)12-9-7-6-8-10-12/h6-10H,11H2,1-5H3. The Balaban J connectivity index is 2.25. The summed E-state index contributed by atoms with van der Waals surface area (Å²) in [5.74, 6) is 0.402. The summed E-state index contributed by atoms with van der Waals surface area (Å²) in [4.78, 5) is 12.8. The van der Waals surface area contributed by atoms with Crippen LogP contribution < -0.4 is 0 Å². The van der Waals surface area contributed by atoms with Crippen molar-refractivity contribution >= 4 is 41.1 Å². The molecule has 1 atom stereocenters. The molecule has 1 aromatic carbocycles. The average molecular weight is 339 g/mol. The molecule has 1 nitrogen and oxygen atoms in total. The van der Waals surface area contributed by atoms with Crippen LogP contribution in [0.25, 0.3) is 0 Å². The van der Waals surface area contributed by atoms with Gasteiger partial charge in [-0.2, -0.15) is 0 Å². The van der Waals surface area contributed by atoms with Gasteiger partial charge in [-0.3, -0.25) is 4.79 Å². The molecule has 0 N–H and O–H groups in total. The zero-order valence-electron chi connectivity index (χ0n) is 13.2. The van der Waals surface area contributed by atoms with Crippen LogP contribution in [0.5, 0.6) is 0 Å². The minimum absolute atomic E-state index is 0.0557. The van der Waals surface area contributed by atoms with Gasteiger partial charge in [0.15, 0.2) is 0 Å². The van der Waals surface area contributed by atoms with E-state index in [9.17, 15) is 4.79 Å². The first kappa shape index (κ1) is 15.8. The second kappa shape index (κ2) is 4.72. The lowest BCUT2D eigenvalue weighted by molar-refractivity contribution is -0.160. The van der Waals surface area contributed by atoms with Gasteiger partial charge in [-0.1, -0.05) is 58.0 Å². The van der Waals surface area contributed by atoms with Gasteiger partial charge in [0, 0.05) is 15.9 Å². The number of ketones is 1. The van der Waals surface area contributed by atoms with E-state index in [4.69, 9.17) is 0 Å². The molecule has 0 radical (unpaired) electrons. The van der Waals surface area contributed by atoms with Gasteiger partial charge < -0.3 is 0 Å². The minimum Gasteiger partial charge on any atom is -0.298 e. The summed E-state index contributed by atoms with van der Waals surface area (Å²) in [7, 11) is 0. The van der Waals surface area contributed by atoms with Crippen molar-refractivity contribution in [1.29, 1.82) is 0 Å². The molecule has 21 heavy (non-hydrogen) atoms. The second-order valence-electron chi connectivity index (χ2n) is 6.85. The van der Waals surface area contributed by atoms with E-state index in [1.807, 2.05) is 35.3 Å². The van der Waals surface area contributed by atoms with Crippen molar-refractivity contribution in [3.63, 3.8) is 0 Å². The topological polar surface area (TPSA) is 17.1 Å². The van der Waals surface area contributed by atoms with Crippen LogP contribution >= 0.6 is 35.3 Å². The SMILES string of the molecule is CSC1(c2ccccc2)SCSC12C(C)(C)C(=O)C2(C)C. The fourth-order valence-electron chi connectivity index (χ4n) is 4.67. The Kier molecular flexibility index (Phi) is 3.55. The molecule has 1 heterocycles. The van der Waals surface area contributed by atoms with Crippen LogP contribution in [0.2, 0.25) is 0 Å². The number of Topliss-reactive ketones (excluding diaryl/α,β-unsaturated/α-hetero) is 1. The van der Waals surface area contributed by atoms with E-state index < -0.39 is 0 Å². The fraction of sp³-hybridized carbons (Fsp3) is 0.588. The molecule has 0 bridgehead atoms. The van der Waals surface area contributed by atoms with Crippen molar-refractivity contribution in [2.45, 2.75) is 36.5 Å². The third-order valence-corrected chi connectivity index (χ3v) is 11.2.